The maximum Gasteiger partial charge on any atom is 0.232 e. The van der Waals surface area contributed by atoms with Gasteiger partial charge in [0, 0.05) is 50.3 Å². The number of rotatable bonds is 6. The van der Waals surface area contributed by atoms with Crippen molar-refractivity contribution in [3.8, 4) is 11.1 Å². The van der Waals surface area contributed by atoms with E-state index in [0.717, 1.165) is 49.4 Å². The maximum atomic E-state index is 13.8. The molecule has 2 unspecified atom stereocenters. The molecule has 0 saturated carbocycles. The molecule has 0 bridgehead atoms. The van der Waals surface area contributed by atoms with Gasteiger partial charge in [-0.05, 0) is 42.5 Å². The van der Waals surface area contributed by atoms with Crippen LogP contribution in [-0.4, -0.2) is 49.9 Å². The molecule has 4 rings (SSSR count). The second-order valence-corrected chi connectivity index (χ2v) is 8.24. The Labute approximate surface area is 180 Å². The van der Waals surface area contributed by atoms with Crippen LogP contribution in [0.2, 0.25) is 5.02 Å². The standard InChI is InChI=1S/C22H26ClFN4O2/c23-19-12-27-21(28-22(29)18-11-25-13-20(18)24)9-17(19)15-2-1-3-16(8-15)26-10-14-4-6-30-7-5-14/h1-3,8-9,12,14,18,20,25-26H,4-7,10-11,13H2,(H,27,28,29). The van der Waals surface area contributed by atoms with Gasteiger partial charge in [0.05, 0.1) is 10.9 Å². The van der Waals surface area contributed by atoms with E-state index < -0.39 is 12.1 Å². The lowest BCUT2D eigenvalue weighted by molar-refractivity contribution is -0.120. The molecule has 6 nitrogen and oxygen atoms in total. The number of carbonyl (C=O) groups excluding carboxylic acids is 1. The molecule has 2 saturated heterocycles. The minimum atomic E-state index is -1.18. The molecule has 1 aromatic heterocycles. The fourth-order valence-electron chi connectivity index (χ4n) is 3.86. The van der Waals surface area contributed by atoms with Crippen molar-refractivity contribution in [2.75, 3.05) is 43.5 Å². The Morgan fingerprint density at radius 1 is 1.27 bits per heavy atom. The lowest BCUT2D eigenvalue weighted by Gasteiger charge is -2.22. The molecule has 3 heterocycles. The average Bonchev–Trinajstić information content (AvgIpc) is 3.20. The molecule has 8 heteroatoms. The number of ether oxygens (including phenoxy) is 1. The van der Waals surface area contributed by atoms with Crippen LogP contribution < -0.4 is 16.0 Å². The molecule has 0 radical (unpaired) electrons. The zero-order valence-corrected chi connectivity index (χ0v) is 17.4. The molecular weight excluding hydrogens is 407 g/mol. The fraction of sp³-hybridized carbons (Fsp3) is 0.455. The van der Waals surface area contributed by atoms with Crippen molar-refractivity contribution >= 4 is 29.0 Å². The first-order valence-electron chi connectivity index (χ1n) is 10.3. The summed E-state index contributed by atoms with van der Waals surface area (Å²) in [6, 6.07) is 9.71. The summed E-state index contributed by atoms with van der Waals surface area (Å²) in [5.41, 5.74) is 2.69. The van der Waals surface area contributed by atoms with Crippen molar-refractivity contribution in [1.82, 2.24) is 10.3 Å². The predicted molar refractivity (Wildman–Crippen MR) is 117 cm³/mol. The second kappa shape index (κ2) is 9.73. The Balaban J connectivity index is 1.46. The normalized spacial score (nSPS) is 22.1. The maximum absolute atomic E-state index is 13.8. The van der Waals surface area contributed by atoms with Gasteiger partial charge < -0.3 is 20.7 Å². The van der Waals surface area contributed by atoms with E-state index >= 15 is 0 Å². The number of amides is 1. The molecule has 160 valence electrons. The molecule has 0 spiro atoms. The first-order chi connectivity index (χ1) is 14.6. The van der Waals surface area contributed by atoms with Crippen LogP contribution in [0.4, 0.5) is 15.9 Å². The van der Waals surface area contributed by atoms with E-state index in [-0.39, 0.29) is 12.5 Å². The summed E-state index contributed by atoms with van der Waals surface area (Å²) in [6.45, 7) is 3.08. The molecule has 0 aliphatic carbocycles. The van der Waals surface area contributed by atoms with E-state index in [1.807, 2.05) is 24.3 Å². The zero-order valence-electron chi connectivity index (χ0n) is 16.7. The number of carbonyl (C=O) groups is 1. The van der Waals surface area contributed by atoms with E-state index in [2.05, 4.69) is 20.9 Å². The second-order valence-electron chi connectivity index (χ2n) is 7.84. The molecule has 2 atom stereocenters. The van der Waals surface area contributed by atoms with E-state index in [0.29, 0.717) is 23.3 Å². The van der Waals surface area contributed by atoms with E-state index in [1.54, 1.807) is 6.07 Å². The summed E-state index contributed by atoms with van der Waals surface area (Å²) in [5.74, 6) is -0.110. The monoisotopic (exact) mass is 432 g/mol. The van der Waals surface area contributed by atoms with Gasteiger partial charge in [0.2, 0.25) is 5.91 Å². The van der Waals surface area contributed by atoms with Crippen LogP contribution in [-0.2, 0) is 9.53 Å². The number of alkyl halides is 1. The van der Waals surface area contributed by atoms with Crippen LogP contribution in [0, 0.1) is 11.8 Å². The molecule has 2 aromatic rings. The lowest BCUT2D eigenvalue weighted by atomic mass is 10.00. The third-order valence-corrected chi connectivity index (χ3v) is 5.99. The Bertz CT molecular complexity index is 891. The van der Waals surface area contributed by atoms with Gasteiger partial charge in [-0.15, -0.1) is 0 Å². The van der Waals surface area contributed by atoms with Crippen molar-refractivity contribution in [2.24, 2.45) is 11.8 Å². The number of benzene rings is 1. The van der Waals surface area contributed by atoms with Crippen molar-refractivity contribution in [3.63, 3.8) is 0 Å². The minimum absolute atomic E-state index is 0.199. The number of hydrogen-bond acceptors (Lipinski definition) is 5. The van der Waals surface area contributed by atoms with E-state index in [1.165, 1.54) is 6.20 Å². The van der Waals surface area contributed by atoms with Crippen LogP contribution in [0.15, 0.2) is 36.5 Å². The Hall–Kier alpha value is -2.22. The number of nitrogens with one attached hydrogen (secondary N) is 3. The third kappa shape index (κ3) is 5.09. The number of aromatic nitrogens is 1. The molecule has 1 aromatic carbocycles. The van der Waals surface area contributed by atoms with Gasteiger partial charge in [0.1, 0.15) is 12.0 Å². The highest BCUT2D eigenvalue weighted by Crippen LogP contribution is 2.31. The van der Waals surface area contributed by atoms with Gasteiger partial charge in [-0.2, -0.15) is 0 Å². The number of anilines is 2. The van der Waals surface area contributed by atoms with Gasteiger partial charge >= 0.3 is 0 Å². The van der Waals surface area contributed by atoms with Crippen LogP contribution in [0.1, 0.15) is 12.8 Å². The van der Waals surface area contributed by atoms with Crippen molar-refractivity contribution < 1.29 is 13.9 Å². The van der Waals surface area contributed by atoms with Crippen molar-refractivity contribution in [2.45, 2.75) is 19.0 Å². The summed E-state index contributed by atoms with van der Waals surface area (Å²) in [4.78, 5) is 16.6. The average molecular weight is 433 g/mol. The Kier molecular flexibility index (Phi) is 6.82. The van der Waals surface area contributed by atoms with E-state index in [9.17, 15) is 9.18 Å². The van der Waals surface area contributed by atoms with Gasteiger partial charge in [-0.3, -0.25) is 4.79 Å². The Morgan fingerprint density at radius 2 is 2.10 bits per heavy atom. The van der Waals surface area contributed by atoms with Gasteiger partial charge in [0.25, 0.3) is 0 Å². The largest absolute Gasteiger partial charge is 0.385 e. The molecular formula is C22H26ClFN4O2. The fourth-order valence-corrected chi connectivity index (χ4v) is 4.07. The van der Waals surface area contributed by atoms with Gasteiger partial charge in [0.15, 0.2) is 0 Å². The first kappa shape index (κ1) is 21.0. The van der Waals surface area contributed by atoms with E-state index in [4.69, 9.17) is 16.3 Å². The number of nitrogens with zero attached hydrogens (tertiary/aromatic N) is 1. The van der Waals surface area contributed by atoms with Gasteiger partial charge in [-0.25, -0.2) is 9.37 Å². The molecule has 2 aliphatic heterocycles. The SMILES string of the molecule is O=C(Nc1cc(-c2cccc(NCC3CCOCC3)c2)c(Cl)cn1)C1CNCC1F. The highest BCUT2D eigenvalue weighted by Gasteiger charge is 2.33. The topological polar surface area (TPSA) is 75.3 Å². The smallest absolute Gasteiger partial charge is 0.232 e. The summed E-state index contributed by atoms with van der Waals surface area (Å²) < 4.78 is 19.2. The van der Waals surface area contributed by atoms with Crippen LogP contribution >= 0.6 is 11.6 Å². The number of halogens is 2. The van der Waals surface area contributed by atoms with Crippen LogP contribution in [0.3, 0.4) is 0 Å². The molecule has 3 N–H and O–H groups in total. The highest BCUT2D eigenvalue weighted by atomic mass is 35.5. The van der Waals surface area contributed by atoms with Crippen LogP contribution in [0.25, 0.3) is 11.1 Å². The summed E-state index contributed by atoms with van der Waals surface area (Å²) in [5, 5.41) is 9.59. The molecule has 2 fully saturated rings. The van der Waals surface area contributed by atoms with Crippen molar-refractivity contribution in [3.05, 3.63) is 41.6 Å². The third-order valence-electron chi connectivity index (χ3n) is 5.69. The summed E-state index contributed by atoms with van der Waals surface area (Å²) >= 11 is 6.39. The predicted octanol–water partition coefficient (Wildman–Crippen LogP) is 3.74. The van der Waals surface area contributed by atoms with Crippen LogP contribution in [0.5, 0.6) is 0 Å². The number of hydrogen-bond donors (Lipinski definition) is 3. The number of pyridine rings is 1. The first-order valence-corrected chi connectivity index (χ1v) is 10.7. The zero-order chi connectivity index (χ0) is 20.9. The highest BCUT2D eigenvalue weighted by molar-refractivity contribution is 6.33. The molecule has 30 heavy (non-hydrogen) atoms. The summed E-state index contributed by atoms with van der Waals surface area (Å²) in [7, 11) is 0. The minimum Gasteiger partial charge on any atom is -0.385 e. The Morgan fingerprint density at radius 3 is 2.87 bits per heavy atom. The summed E-state index contributed by atoms with van der Waals surface area (Å²) in [6.07, 6.45) is 2.47. The quantitative estimate of drug-likeness (QED) is 0.648. The lowest BCUT2D eigenvalue weighted by Crippen LogP contribution is -2.30. The van der Waals surface area contributed by atoms with Gasteiger partial charge in [-0.1, -0.05) is 23.7 Å². The molecule has 1 amide bonds. The van der Waals surface area contributed by atoms with Crippen molar-refractivity contribution in [1.29, 1.82) is 0 Å². The molecule has 2 aliphatic rings.